The summed E-state index contributed by atoms with van der Waals surface area (Å²) in [7, 11) is 0. The predicted molar refractivity (Wildman–Crippen MR) is 36.5 cm³/mol. The molecular weight excluding hydrogens is 163 g/mol. The Balaban J connectivity index is 3.21. The van der Waals surface area contributed by atoms with Crippen LogP contribution >= 0.6 is 11.9 Å². The molecule has 62 valence electrons. The number of alkyl halides is 3. The van der Waals surface area contributed by atoms with E-state index in [2.05, 4.69) is 4.72 Å². The van der Waals surface area contributed by atoms with Gasteiger partial charge in [-0.15, -0.1) is 0 Å². The lowest BCUT2D eigenvalue weighted by Gasteiger charge is -2.07. The summed E-state index contributed by atoms with van der Waals surface area (Å²) in [4.78, 5) is 0. The van der Waals surface area contributed by atoms with Crippen LogP contribution in [-0.4, -0.2) is 12.1 Å². The smallest absolute Gasteiger partial charge is 0.256 e. The Labute approximate surface area is 62.5 Å². The van der Waals surface area contributed by atoms with Gasteiger partial charge in [-0.2, -0.15) is 13.2 Å². The van der Waals surface area contributed by atoms with Gasteiger partial charge in [0.1, 0.15) is 0 Å². The molecule has 0 spiro atoms. The lowest BCUT2D eigenvalue weighted by atomic mass is 10.2. The van der Waals surface area contributed by atoms with Crippen molar-refractivity contribution in [3.05, 3.63) is 0 Å². The Bertz CT molecular complexity index is 91.4. The monoisotopic (exact) mass is 173 g/mol. The second-order valence-electron chi connectivity index (χ2n) is 2.29. The summed E-state index contributed by atoms with van der Waals surface area (Å²) < 4.78 is 36.4. The minimum absolute atomic E-state index is 0.188. The van der Waals surface area contributed by atoms with Crippen molar-refractivity contribution in [1.29, 1.82) is 0 Å². The van der Waals surface area contributed by atoms with Gasteiger partial charge in [-0.3, -0.25) is 4.72 Å². The van der Waals surface area contributed by atoms with Crippen LogP contribution in [0.25, 0.3) is 0 Å². The standard InChI is InChI=1S/C5H10F3NS/c1-4(2)3-9-10-5(6,7)8/h4,9H,3H2,1-2H3. The molecule has 5 heteroatoms. The van der Waals surface area contributed by atoms with Gasteiger partial charge in [0.2, 0.25) is 0 Å². The van der Waals surface area contributed by atoms with Crippen LogP contribution in [0.15, 0.2) is 0 Å². The third-order valence-electron chi connectivity index (χ3n) is 0.679. The van der Waals surface area contributed by atoms with E-state index in [4.69, 9.17) is 0 Å². The average molecular weight is 173 g/mol. The third kappa shape index (κ3) is 8.10. The molecular formula is C5H10F3NS. The number of nitrogens with one attached hydrogen (secondary N) is 1. The van der Waals surface area contributed by atoms with Crippen LogP contribution < -0.4 is 4.72 Å². The highest BCUT2D eigenvalue weighted by Crippen LogP contribution is 2.27. The van der Waals surface area contributed by atoms with E-state index in [1.54, 1.807) is 0 Å². The zero-order valence-electron chi connectivity index (χ0n) is 5.83. The molecule has 0 bridgehead atoms. The Morgan fingerprint density at radius 2 is 1.90 bits per heavy atom. The highest BCUT2D eigenvalue weighted by atomic mass is 32.2. The van der Waals surface area contributed by atoms with Crippen LogP contribution in [0.3, 0.4) is 0 Å². The topological polar surface area (TPSA) is 12.0 Å². The van der Waals surface area contributed by atoms with Gasteiger partial charge < -0.3 is 0 Å². The molecule has 0 saturated heterocycles. The number of rotatable bonds is 3. The summed E-state index contributed by atoms with van der Waals surface area (Å²) in [6.45, 7) is 4.08. The second-order valence-corrected chi connectivity index (χ2v) is 3.25. The van der Waals surface area contributed by atoms with Crippen molar-refractivity contribution in [3.8, 4) is 0 Å². The van der Waals surface area contributed by atoms with E-state index in [1.807, 2.05) is 13.8 Å². The Morgan fingerprint density at radius 3 is 2.20 bits per heavy atom. The molecule has 0 unspecified atom stereocenters. The first kappa shape index (κ1) is 10.1. The fourth-order valence-electron chi connectivity index (χ4n) is 0.290. The highest BCUT2D eigenvalue weighted by Gasteiger charge is 2.28. The van der Waals surface area contributed by atoms with Gasteiger partial charge in [-0.05, 0) is 5.92 Å². The molecule has 0 aromatic rings. The summed E-state index contributed by atoms with van der Waals surface area (Å²) >= 11 is -0.188. The molecule has 0 rings (SSSR count). The first-order chi connectivity index (χ1) is 4.42. The molecule has 0 saturated carbocycles. The Hall–Kier alpha value is 0.100. The van der Waals surface area contributed by atoms with Gasteiger partial charge >= 0.3 is 5.51 Å². The van der Waals surface area contributed by atoms with Crippen LogP contribution in [-0.2, 0) is 0 Å². The van der Waals surface area contributed by atoms with E-state index in [-0.39, 0.29) is 17.9 Å². The zero-order chi connectivity index (χ0) is 8.20. The van der Waals surface area contributed by atoms with Crippen LogP contribution in [0.1, 0.15) is 13.8 Å². The van der Waals surface area contributed by atoms with E-state index < -0.39 is 5.51 Å². The van der Waals surface area contributed by atoms with E-state index in [1.165, 1.54) is 0 Å². The molecule has 0 aliphatic rings. The van der Waals surface area contributed by atoms with Crippen molar-refractivity contribution in [2.45, 2.75) is 19.4 Å². The van der Waals surface area contributed by atoms with E-state index >= 15 is 0 Å². The fourth-order valence-corrected chi connectivity index (χ4v) is 0.870. The quantitative estimate of drug-likeness (QED) is 0.658. The fraction of sp³-hybridized carbons (Fsp3) is 1.00. The summed E-state index contributed by atoms with van der Waals surface area (Å²) in [5, 5.41) is 0. The van der Waals surface area contributed by atoms with E-state index in [0.29, 0.717) is 6.54 Å². The first-order valence-corrected chi connectivity index (χ1v) is 3.71. The maximum Gasteiger partial charge on any atom is 0.456 e. The van der Waals surface area contributed by atoms with Crippen molar-refractivity contribution >= 4 is 11.9 Å². The zero-order valence-corrected chi connectivity index (χ0v) is 6.64. The summed E-state index contributed by atoms with van der Waals surface area (Å²) in [5.41, 5.74) is -4.16. The molecule has 0 amide bonds. The third-order valence-corrected chi connectivity index (χ3v) is 1.22. The minimum Gasteiger partial charge on any atom is -0.256 e. The Morgan fingerprint density at radius 1 is 1.40 bits per heavy atom. The summed E-state index contributed by atoms with van der Waals surface area (Å²) in [6.07, 6.45) is 0. The molecule has 0 fully saturated rings. The van der Waals surface area contributed by atoms with Crippen molar-refractivity contribution in [2.24, 2.45) is 5.92 Å². The summed E-state index contributed by atoms with van der Waals surface area (Å²) in [6, 6.07) is 0. The lowest BCUT2D eigenvalue weighted by Crippen LogP contribution is -2.17. The van der Waals surface area contributed by atoms with Gasteiger partial charge in [-0.1, -0.05) is 13.8 Å². The summed E-state index contributed by atoms with van der Waals surface area (Å²) in [5.74, 6) is 0.245. The lowest BCUT2D eigenvalue weighted by molar-refractivity contribution is -0.0336. The van der Waals surface area contributed by atoms with E-state index in [9.17, 15) is 13.2 Å². The molecule has 0 aliphatic heterocycles. The van der Waals surface area contributed by atoms with Gasteiger partial charge in [0, 0.05) is 18.5 Å². The van der Waals surface area contributed by atoms with Gasteiger partial charge in [0.25, 0.3) is 0 Å². The van der Waals surface area contributed by atoms with Gasteiger partial charge in [-0.25, -0.2) is 0 Å². The molecule has 0 aliphatic carbocycles. The van der Waals surface area contributed by atoms with Gasteiger partial charge in [0.15, 0.2) is 0 Å². The molecule has 10 heavy (non-hydrogen) atoms. The number of hydrogen-bond acceptors (Lipinski definition) is 2. The van der Waals surface area contributed by atoms with Gasteiger partial charge in [0.05, 0.1) is 0 Å². The van der Waals surface area contributed by atoms with Crippen molar-refractivity contribution in [2.75, 3.05) is 6.54 Å². The number of halogens is 3. The number of hydrogen-bond donors (Lipinski definition) is 1. The SMILES string of the molecule is CC(C)CNSC(F)(F)F. The normalized spacial score (nSPS) is 12.6. The second kappa shape index (κ2) is 4.08. The van der Waals surface area contributed by atoms with Crippen molar-refractivity contribution in [3.63, 3.8) is 0 Å². The molecule has 1 N–H and O–H groups in total. The molecule has 0 aromatic carbocycles. The molecule has 0 radical (unpaired) electrons. The molecule has 0 atom stereocenters. The Kier molecular flexibility index (Phi) is 4.12. The maximum atomic E-state index is 11.4. The predicted octanol–water partition coefficient (Wildman–Crippen LogP) is 2.40. The largest absolute Gasteiger partial charge is 0.456 e. The first-order valence-electron chi connectivity index (χ1n) is 2.89. The molecule has 0 heterocycles. The minimum atomic E-state index is -4.16. The molecule has 0 aromatic heterocycles. The van der Waals surface area contributed by atoms with E-state index in [0.717, 1.165) is 0 Å². The van der Waals surface area contributed by atoms with Crippen LogP contribution in [0, 0.1) is 5.92 Å². The maximum absolute atomic E-state index is 11.4. The highest BCUT2D eigenvalue weighted by molar-refractivity contribution is 7.98. The van der Waals surface area contributed by atoms with Crippen molar-refractivity contribution in [1.82, 2.24) is 4.72 Å². The van der Waals surface area contributed by atoms with Crippen LogP contribution in [0.5, 0.6) is 0 Å². The van der Waals surface area contributed by atoms with Crippen LogP contribution in [0.4, 0.5) is 13.2 Å². The van der Waals surface area contributed by atoms with Crippen LogP contribution in [0.2, 0.25) is 0 Å². The van der Waals surface area contributed by atoms with Crippen molar-refractivity contribution < 1.29 is 13.2 Å². The molecule has 1 nitrogen and oxygen atoms in total. The average Bonchev–Trinajstić information content (AvgIpc) is 1.59.